The normalized spacial score (nSPS) is 27.9. The Kier molecular flexibility index (Phi) is 2.05. The molecule has 1 aromatic heterocycles. The van der Waals surface area contributed by atoms with Crippen molar-refractivity contribution in [1.29, 1.82) is 5.26 Å². The fourth-order valence-corrected chi connectivity index (χ4v) is 2.50. The summed E-state index contributed by atoms with van der Waals surface area (Å²) in [6, 6.07) is 2.38. The molecule has 1 aliphatic carbocycles. The lowest BCUT2D eigenvalue weighted by molar-refractivity contribution is 0.411. The van der Waals surface area contributed by atoms with Gasteiger partial charge in [-0.25, -0.2) is 4.98 Å². The van der Waals surface area contributed by atoms with Crippen LogP contribution in [-0.4, -0.2) is 35.0 Å². The first-order valence-electron chi connectivity index (χ1n) is 5.89. The largest absolute Gasteiger partial charge is 0.344 e. The van der Waals surface area contributed by atoms with Gasteiger partial charge in [0.2, 0.25) is 0 Å². The van der Waals surface area contributed by atoms with Crippen molar-refractivity contribution < 1.29 is 0 Å². The van der Waals surface area contributed by atoms with E-state index in [1.165, 1.54) is 12.1 Å². The SMILES string of the molecule is CN1CCC(c2cnc(C3(C#N)CC3)[nH]2)C1. The Morgan fingerprint density at radius 3 is 3.00 bits per heavy atom. The Morgan fingerprint density at radius 1 is 1.62 bits per heavy atom. The number of aromatic nitrogens is 2. The number of rotatable bonds is 2. The first-order chi connectivity index (χ1) is 7.73. The van der Waals surface area contributed by atoms with Gasteiger partial charge in [-0.3, -0.25) is 0 Å². The van der Waals surface area contributed by atoms with Gasteiger partial charge >= 0.3 is 0 Å². The van der Waals surface area contributed by atoms with Gasteiger partial charge in [0.05, 0.1) is 6.07 Å². The second kappa shape index (κ2) is 3.33. The Hall–Kier alpha value is -1.34. The third-order valence-corrected chi connectivity index (χ3v) is 3.84. The van der Waals surface area contributed by atoms with Crippen LogP contribution in [0.25, 0.3) is 0 Å². The number of hydrogen-bond acceptors (Lipinski definition) is 3. The molecule has 1 saturated carbocycles. The van der Waals surface area contributed by atoms with E-state index in [0.29, 0.717) is 5.92 Å². The maximum absolute atomic E-state index is 9.11. The minimum absolute atomic E-state index is 0.275. The zero-order valence-electron chi connectivity index (χ0n) is 9.53. The molecule has 4 nitrogen and oxygen atoms in total. The maximum atomic E-state index is 9.11. The molecule has 0 radical (unpaired) electrons. The minimum Gasteiger partial charge on any atom is -0.344 e. The van der Waals surface area contributed by atoms with Crippen LogP contribution in [0, 0.1) is 11.3 Å². The summed E-state index contributed by atoms with van der Waals surface area (Å²) in [5.74, 6) is 1.46. The van der Waals surface area contributed by atoms with E-state index in [9.17, 15) is 0 Å². The number of likely N-dealkylation sites (N-methyl/N-ethyl adjacent to an activating group) is 1. The molecule has 2 aliphatic rings. The monoisotopic (exact) mass is 216 g/mol. The molecular formula is C12H16N4. The van der Waals surface area contributed by atoms with E-state index in [4.69, 9.17) is 5.26 Å². The molecule has 4 heteroatoms. The lowest BCUT2D eigenvalue weighted by atomic mass is 10.1. The quantitative estimate of drug-likeness (QED) is 0.812. The van der Waals surface area contributed by atoms with Crippen molar-refractivity contribution in [2.45, 2.75) is 30.6 Å². The van der Waals surface area contributed by atoms with Gasteiger partial charge in [0.15, 0.2) is 0 Å². The minimum atomic E-state index is -0.275. The van der Waals surface area contributed by atoms with E-state index in [2.05, 4.69) is 28.0 Å². The van der Waals surface area contributed by atoms with Gasteiger partial charge in [0, 0.05) is 24.4 Å². The molecule has 0 bridgehead atoms. The molecule has 0 aromatic carbocycles. The number of nitrogens with zero attached hydrogens (tertiary/aromatic N) is 3. The van der Waals surface area contributed by atoms with E-state index < -0.39 is 0 Å². The van der Waals surface area contributed by atoms with Crippen molar-refractivity contribution in [2.24, 2.45) is 0 Å². The van der Waals surface area contributed by atoms with Gasteiger partial charge in [-0.2, -0.15) is 5.26 Å². The Morgan fingerprint density at radius 2 is 2.44 bits per heavy atom. The highest BCUT2D eigenvalue weighted by Gasteiger charge is 2.47. The summed E-state index contributed by atoms with van der Waals surface area (Å²) < 4.78 is 0. The smallest absolute Gasteiger partial charge is 0.126 e. The predicted molar refractivity (Wildman–Crippen MR) is 60.0 cm³/mol. The molecule has 1 unspecified atom stereocenters. The van der Waals surface area contributed by atoms with Crippen LogP contribution in [0.2, 0.25) is 0 Å². The van der Waals surface area contributed by atoms with Gasteiger partial charge in [-0.15, -0.1) is 0 Å². The summed E-state index contributed by atoms with van der Waals surface area (Å²) in [5, 5.41) is 9.11. The van der Waals surface area contributed by atoms with E-state index in [-0.39, 0.29) is 5.41 Å². The standard InChI is InChI=1S/C12H16N4/c1-16-5-2-9(7-16)10-6-14-11(15-10)12(8-13)3-4-12/h6,9H,2-5,7H2,1H3,(H,14,15). The van der Waals surface area contributed by atoms with Crippen molar-refractivity contribution in [2.75, 3.05) is 20.1 Å². The molecule has 2 heterocycles. The third-order valence-electron chi connectivity index (χ3n) is 3.84. The zero-order valence-corrected chi connectivity index (χ0v) is 9.53. The van der Waals surface area contributed by atoms with Gasteiger partial charge < -0.3 is 9.88 Å². The molecule has 3 rings (SSSR count). The molecule has 0 spiro atoms. The van der Waals surface area contributed by atoms with Crippen LogP contribution >= 0.6 is 0 Å². The topological polar surface area (TPSA) is 55.7 Å². The van der Waals surface area contributed by atoms with Gasteiger partial charge in [-0.05, 0) is 32.9 Å². The van der Waals surface area contributed by atoms with Gasteiger partial charge in [-0.1, -0.05) is 0 Å². The summed E-state index contributed by atoms with van der Waals surface area (Å²) in [7, 11) is 2.15. The molecule has 84 valence electrons. The van der Waals surface area contributed by atoms with Crippen molar-refractivity contribution in [3.63, 3.8) is 0 Å². The van der Waals surface area contributed by atoms with Crippen molar-refractivity contribution in [3.8, 4) is 6.07 Å². The summed E-state index contributed by atoms with van der Waals surface area (Å²) in [5.41, 5.74) is 0.934. The van der Waals surface area contributed by atoms with Crippen LogP contribution in [0.15, 0.2) is 6.20 Å². The molecular weight excluding hydrogens is 200 g/mol. The number of hydrogen-bond donors (Lipinski definition) is 1. The van der Waals surface area contributed by atoms with Crippen LogP contribution < -0.4 is 0 Å². The summed E-state index contributed by atoms with van der Waals surface area (Å²) in [6.45, 7) is 2.25. The fraction of sp³-hybridized carbons (Fsp3) is 0.667. The number of aromatic amines is 1. The summed E-state index contributed by atoms with van der Waals surface area (Å²) in [4.78, 5) is 10.1. The Labute approximate surface area is 95.3 Å². The first kappa shape index (κ1) is 9.86. The van der Waals surface area contributed by atoms with Crippen molar-refractivity contribution >= 4 is 0 Å². The molecule has 1 N–H and O–H groups in total. The third kappa shape index (κ3) is 1.43. The average molecular weight is 216 g/mol. The highest BCUT2D eigenvalue weighted by molar-refractivity contribution is 5.31. The molecule has 2 fully saturated rings. The van der Waals surface area contributed by atoms with Crippen LogP contribution in [-0.2, 0) is 5.41 Å². The number of nitrogens with one attached hydrogen (secondary N) is 1. The van der Waals surface area contributed by atoms with Crippen molar-refractivity contribution in [1.82, 2.24) is 14.9 Å². The molecule has 1 saturated heterocycles. The van der Waals surface area contributed by atoms with E-state index in [1.54, 1.807) is 0 Å². The van der Waals surface area contributed by atoms with Crippen molar-refractivity contribution in [3.05, 3.63) is 17.7 Å². The summed E-state index contributed by atoms with van der Waals surface area (Å²) in [6.07, 6.45) is 5.04. The zero-order chi connectivity index (χ0) is 11.2. The van der Waals surface area contributed by atoms with Gasteiger partial charge in [0.1, 0.15) is 11.2 Å². The number of likely N-dealkylation sites (tertiary alicyclic amines) is 1. The first-order valence-corrected chi connectivity index (χ1v) is 5.89. The molecule has 0 amide bonds. The Balaban J connectivity index is 1.81. The molecule has 1 aromatic rings. The van der Waals surface area contributed by atoms with E-state index in [0.717, 1.165) is 31.8 Å². The van der Waals surface area contributed by atoms with Crippen LogP contribution in [0.5, 0.6) is 0 Å². The average Bonchev–Trinajstić information content (AvgIpc) is 2.74. The number of imidazole rings is 1. The second-order valence-corrected chi connectivity index (χ2v) is 5.13. The lowest BCUT2D eigenvalue weighted by Crippen LogP contribution is -2.13. The fourth-order valence-electron chi connectivity index (χ4n) is 2.50. The van der Waals surface area contributed by atoms with Gasteiger partial charge in [0.25, 0.3) is 0 Å². The van der Waals surface area contributed by atoms with Crippen LogP contribution in [0.3, 0.4) is 0 Å². The van der Waals surface area contributed by atoms with Crippen LogP contribution in [0.4, 0.5) is 0 Å². The summed E-state index contributed by atoms with van der Waals surface area (Å²) >= 11 is 0. The molecule has 16 heavy (non-hydrogen) atoms. The van der Waals surface area contributed by atoms with Crippen LogP contribution in [0.1, 0.15) is 36.7 Å². The predicted octanol–water partition coefficient (Wildman–Crippen LogP) is 1.38. The lowest BCUT2D eigenvalue weighted by Gasteiger charge is -2.08. The maximum Gasteiger partial charge on any atom is 0.126 e. The van der Waals surface area contributed by atoms with E-state index >= 15 is 0 Å². The number of nitriles is 1. The van der Waals surface area contributed by atoms with E-state index in [1.807, 2.05) is 6.20 Å². The highest BCUT2D eigenvalue weighted by Crippen LogP contribution is 2.46. The Bertz CT molecular complexity index is 438. The highest BCUT2D eigenvalue weighted by atomic mass is 15.1. The number of H-pyrrole nitrogens is 1. The molecule has 1 atom stereocenters. The molecule has 1 aliphatic heterocycles. The second-order valence-electron chi connectivity index (χ2n) is 5.13.